The van der Waals surface area contributed by atoms with Gasteiger partial charge in [0.2, 0.25) is 0 Å². The Morgan fingerprint density at radius 2 is 2.00 bits per heavy atom. The molecule has 20 heavy (non-hydrogen) atoms. The van der Waals surface area contributed by atoms with Gasteiger partial charge in [0, 0.05) is 0 Å². The molecule has 0 fully saturated rings. The number of carbonyl (C=O) groups excluding carboxylic acids is 1. The molecule has 1 aromatic heterocycles. The molecule has 0 saturated heterocycles. The third-order valence-electron chi connectivity index (χ3n) is 2.56. The molecule has 0 spiro atoms. The van der Waals surface area contributed by atoms with Crippen molar-refractivity contribution in [2.75, 3.05) is 7.11 Å². The summed E-state index contributed by atoms with van der Waals surface area (Å²) in [5, 5.41) is 2.96. The average Bonchev–Trinajstić information content (AvgIpc) is 2.75. The van der Waals surface area contributed by atoms with E-state index in [0.29, 0.717) is 0 Å². The Morgan fingerprint density at radius 3 is 2.50 bits per heavy atom. The van der Waals surface area contributed by atoms with Crippen LogP contribution in [0.5, 0.6) is 5.75 Å². The van der Waals surface area contributed by atoms with E-state index in [-0.39, 0.29) is 17.7 Å². The van der Waals surface area contributed by atoms with Crippen molar-refractivity contribution in [3.8, 4) is 11.4 Å². The molecule has 0 aliphatic heterocycles. The average molecular weight is 305 g/mol. The van der Waals surface area contributed by atoms with Gasteiger partial charge in [0.25, 0.3) is 0 Å². The summed E-state index contributed by atoms with van der Waals surface area (Å²) in [5.41, 5.74) is -1.83. The predicted octanol–water partition coefficient (Wildman–Crippen LogP) is 3.37. The van der Waals surface area contributed by atoms with Gasteiger partial charge in [0.15, 0.2) is 12.0 Å². The number of hydrogen-bond acceptors (Lipinski definition) is 3. The number of methoxy groups -OCH3 is 1. The fraction of sp³-hybridized carbons (Fsp3) is 0.167. The summed E-state index contributed by atoms with van der Waals surface area (Å²) < 4.78 is 44.3. The van der Waals surface area contributed by atoms with Gasteiger partial charge in [-0.3, -0.25) is 4.79 Å². The highest BCUT2D eigenvalue weighted by molar-refractivity contribution is 6.32. The summed E-state index contributed by atoms with van der Waals surface area (Å²) in [6.45, 7) is 0. The number of carbonyl (C=O) groups is 1. The van der Waals surface area contributed by atoms with E-state index in [1.54, 1.807) is 18.2 Å². The van der Waals surface area contributed by atoms with Gasteiger partial charge in [-0.25, -0.2) is 4.68 Å². The van der Waals surface area contributed by atoms with Gasteiger partial charge in [0.05, 0.1) is 12.7 Å². The van der Waals surface area contributed by atoms with E-state index in [4.69, 9.17) is 16.3 Å². The number of halogens is 4. The van der Waals surface area contributed by atoms with Gasteiger partial charge in [0.1, 0.15) is 16.6 Å². The van der Waals surface area contributed by atoms with Crippen LogP contribution in [0.2, 0.25) is 5.15 Å². The quantitative estimate of drug-likeness (QED) is 0.817. The second kappa shape index (κ2) is 5.16. The number of aldehydes is 1. The third-order valence-corrected chi connectivity index (χ3v) is 2.93. The molecular formula is C12H8ClF3N2O2. The minimum absolute atomic E-state index is 0.0318. The van der Waals surface area contributed by atoms with E-state index in [1.165, 1.54) is 13.2 Å². The third kappa shape index (κ3) is 2.36. The van der Waals surface area contributed by atoms with Crippen LogP contribution in [0.25, 0.3) is 5.69 Å². The van der Waals surface area contributed by atoms with E-state index in [2.05, 4.69) is 5.10 Å². The maximum Gasteiger partial charge on any atom is 0.435 e. The smallest absolute Gasteiger partial charge is 0.435 e. The minimum atomic E-state index is -4.77. The maximum atomic E-state index is 12.8. The van der Waals surface area contributed by atoms with Crippen molar-refractivity contribution in [3.63, 3.8) is 0 Å². The summed E-state index contributed by atoms with van der Waals surface area (Å²) in [4.78, 5) is 10.8. The second-order valence-electron chi connectivity index (χ2n) is 3.75. The lowest BCUT2D eigenvalue weighted by Crippen LogP contribution is -2.09. The van der Waals surface area contributed by atoms with Crippen molar-refractivity contribution in [3.05, 3.63) is 40.7 Å². The van der Waals surface area contributed by atoms with Gasteiger partial charge >= 0.3 is 6.18 Å². The number of alkyl halides is 3. The zero-order valence-electron chi connectivity index (χ0n) is 10.1. The Morgan fingerprint density at radius 1 is 1.35 bits per heavy atom. The zero-order chi connectivity index (χ0) is 14.9. The van der Waals surface area contributed by atoms with Gasteiger partial charge in [-0.05, 0) is 12.1 Å². The van der Waals surface area contributed by atoms with Crippen LogP contribution in [0.15, 0.2) is 24.3 Å². The first-order valence-corrected chi connectivity index (χ1v) is 5.72. The highest BCUT2D eigenvalue weighted by Crippen LogP contribution is 2.36. The highest BCUT2D eigenvalue weighted by Gasteiger charge is 2.39. The van der Waals surface area contributed by atoms with E-state index in [1.807, 2.05) is 0 Å². The number of rotatable bonds is 3. The number of para-hydroxylation sites is 2. The van der Waals surface area contributed by atoms with Crippen LogP contribution in [0, 0.1) is 0 Å². The van der Waals surface area contributed by atoms with Gasteiger partial charge < -0.3 is 4.74 Å². The van der Waals surface area contributed by atoms with E-state index in [0.717, 1.165) is 4.68 Å². The standard InChI is InChI=1S/C12H8ClF3N2O2/c1-20-9-5-3-2-4-8(9)18-11(13)7(6-19)10(17-18)12(14,15)16/h2-6H,1H3. The van der Waals surface area contributed by atoms with Gasteiger partial charge in [-0.15, -0.1) is 0 Å². The summed E-state index contributed by atoms with van der Waals surface area (Å²) in [7, 11) is 1.36. The maximum absolute atomic E-state index is 12.8. The molecule has 0 saturated carbocycles. The zero-order valence-corrected chi connectivity index (χ0v) is 10.9. The molecule has 0 N–H and O–H groups in total. The van der Waals surface area contributed by atoms with Crippen LogP contribution in [0.1, 0.15) is 16.1 Å². The van der Waals surface area contributed by atoms with E-state index >= 15 is 0 Å². The van der Waals surface area contributed by atoms with Crippen molar-refractivity contribution in [2.24, 2.45) is 0 Å². The van der Waals surface area contributed by atoms with Crippen molar-refractivity contribution in [1.82, 2.24) is 9.78 Å². The topological polar surface area (TPSA) is 44.1 Å². The van der Waals surface area contributed by atoms with Crippen LogP contribution in [-0.4, -0.2) is 23.2 Å². The monoisotopic (exact) mass is 304 g/mol. The molecule has 0 radical (unpaired) electrons. The normalized spacial score (nSPS) is 11.4. The molecule has 0 atom stereocenters. The van der Waals surface area contributed by atoms with Crippen molar-refractivity contribution in [2.45, 2.75) is 6.18 Å². The molecule has 4 nitrogen and oxygen atoms in total. The highest BCUT2D eigenvalue weighted by atomic mass is 35.5. The summed E-state index contributed by atoms with van der Waals surface area (Å²) in [6.07, 6.45) is -4.74. The Labute approximate surface area is 116 Å². The molecule has 8 heteroatoms. The molecule has 0 amide bonds. The molecule has 0 aliphatic carbocycles. The Kier molecular flexibility index (Phi) is 3.71. The van der Waals surface area contributed by atoms with Crippen LogP contribution >= 0.6 is 11.6 Å². The van der Waals surface area contributed by atoms with Crippen LogP contribution in [0.3, 0.4) is 0 Å². The molecule has 1 aromatic carbocycles. The number of benzene rings is 1. The van der Waals surface area contributed by atoms with E-state index < -0.39 is 22.6 Å². The van der Waals surface area contributed by atoms with Gasteiger partial charge in [-0.2, -0.15) is 18.3 Å². The van der Waals surface area contributed by atoms with Crippen LogP contribution in [0.4, 0.5) is 13.2 Å². The number of aromatic nitrogens is 2. The lowest BCUT2D eigenvalue weighted by atomic mass is 10.2. The fourth-order valence-corrected chi connectivity index (χ4v) is 1.95. The molecule has 0 aliphatic rings. The molecular weight excluding hydrogens is 297 g/mol. The lowest BCUT2D eigenvalue weighted by Gasteiger charge is -2.08. The van der Waals surface area contributed by atoms with Crippen LogP contribution < -0.4 is 4.74 Å². The Hall–Kier alpha value is -2.02. The Bertz CT molecular complexity index is 653. The molecule has 106 valence electrons. The van der Waals surface area contributed by atoms with Crippen LogP contribution in [-0.2, 0) is 6.18 Å². The lowest BCUT2D eigenvalue weighted by molar-refractivity contribution is -0.141. The first kappa shape index (κ1) is 14.4. The molecule has 2 rings (SSSR count). The number of hydrogen-bond donors (Lipinski definition) is 0. The SMILES string of the molecule is COc1ccccc1-n1nc(C(F)(F)F)c(C=O)c1Cl. The number of nitrogens with zero attached hydrogens (tertiary/aromatic N) is 2. The largest absolute Gasteiger partial charge is 0.494 e. The van der Waals surface area contributed by atoms with Gasteiger partial charge in [-0.1, -0.05) is 23.7 Å². The summed E-state index contributed by atoms with van der Waals surface area (Å²) in [5.74, 6) is 0.281. The fourth-order valence-electron chi connectivity index (χ4n) is 1.69. The summed E-state index contributed by atoms with van der Waals surface area (Å²) >= 11 is 5.81. The van der Waals surface area contributed by atoms with E-state index in [9.17, 15) is 18.0 Å². The molecule has 2 aromatic rings. The summed E-state index contributed by atoms with van der Waals surface area (Å²) in [6, 6.07) is 6.25. The molecule has 1 heterocycles. The second-order valence-corrected chi connectivity index (χ2v) is 4.11. The van der Waals surface area contributed by atoms with Crippen molar-refractivity contribution < 1.29 is 22.7 Å². The molecule has 0 bridgehead atoms. The van der Waals surface area contributed by atoms with Crippen molar-refractivity contribution >= 4 is 17.9 Å². The number of ether oxygens (including phenoxy) is 1. The predicted molar refractivity (Wildman–Crippen MR) is 65.5 cm³/mol. The Balaban J connectivity index is 2.70. The first-order valence-electron chi connectivity index (χ1n) is 5.34. The minimum Gasteiger partial charge on any atom is -0.494 e. The first-order chi connectivity index (χ1) is 9.40. The molecule has 0 unspecified atom stereocenters. The van der Waals surface area contributed by atoms with Crippen molar-refractivity contribution in [1.29, 1.82) is 0 Å².